The van der Waals surface area contributed by atoms with Crippen molar-refractivity contribution in [2.45, 2.75) is 50.7 Å². The van der Waals surface area contributed by atoms with E-state index in [4.69, 9.17) is 11.6 Å². The van der Waals surface area contributed by atoms with Gasteiger partial charge in [-0.05, 0) is 55.0 Å². The van der Waals surface area contributed by atoms with Crippen molar-refractivity contribution in [3.8, 4) is 0 Å². The Hall–Kier alpha value is -2.33. The van der Waals surface area contributed by atoms with E-state index in [-0.39, 0.29) is 11.8 Å². The van der Waals surface area contributed by atoms with Gasteiger partial charge in [-0.1, -0.05) is 41.9 Å². The monoisotopic (exact) mass is 382 g/mol. The molecule has 0 atom stereocenters. The van der Waals surface area contributed by atoms with Gasteiger partial charge in [-0.2, -0.15) is 0 Å². The third kappa shape index (κ3) is 4.69. The van der Waals surface area contributed by atoms with Gasteiger partial charge in [0.1, 0.15) is 0 Å². The summed E-state index contributed by atoms with van der Waals surface area (Å²) in [6.45, 7) is 0.568. The summed E-state index contributed by atoms with van der Waals surface area (Å²) in [7, 11) is 0. The molecule has 5 heteroatoms. The van der Waals surface area contributed by atoms with Crippen LogP contribution in [0.2, 0.25) is 5.02 Å². The second-order valence-corrected chi connectivity index (χ2v) is 7.87. The highest BCUT2D eigenvalue weighted by Crippen LogP contribution is 2.30. The first-order valence-electron chi connectivity index (χ1n) is 9.53. The van der Waals surface area contributed by atoms with E-state index in [1.807, 2.05) is 53.4 Å². The Morgan fingerprint density at radius 2 is 1.70 bits per heavy atom. The number of carbonyl (C=O) groups is 2. The van der Waals surface area contributed by atoms with Crippen molar-refractivity contribution in [3.05, 3.63) is 70.2 Å². The number of hydrogen-bond donors (Lipinski definition) is 1. The van der Waals surface area contributed by atoms with Crippen molar-refractivity contribution in [1.29, 1.82) is 0 Å². The molecule has 2 aliphatic carbocycles. The molecule has 1 N–H and O–H groups in total. The third-order valence-electron chi connectivity index (χ3n) is 5.09. The summed E-state index contributed by atoms with van der Waals surface area (Å²) in [4.78, 5) is 26.9. The smallest absolute Gasteiger partial charge is 0.251 e. The van der Waals surface area contributed by atoms with Crippen molar-refractivity contribution in [2.24, 2.45) is 0 Å². The predicted molar refractivity (Wildman–Crippen MR) is 106 cm³/mol. The molecule has 140 valence electrons. The molecule has 2 fully saturated rings. The Morgan fingerprint density at radius 1 is 1.00 bits per heavy atom. The van der Waals surface area contributed by atoms with E-state index >= 15 is 0 Å². The first-order valence-corrected chi connectivity index (χ1v) is 9.90. The van der Waals surface area contributed by atoms with E-state index in [0.29, 0.717) is 35.6 Å². The first-order chi connectivity index (χ1) is 13.1. The van der Waals surface area contributed by atoms with Crippen LogP contribution < -0.4 is 5.32 Å². The second-order valence-electron chi connectivity index (χ2n) is 7.47. The van der Waals surface area contributed by atoms with Crippen LogP contribution >= 0.6 is 11.6 Å². The molecule has 2 saturated carbocycles. The molecule has 0 unspecified atom stereocenters. The van der Waals surface area contributed by atoms with E-state index < -0.39 is 0 Å². The number of hydrogen-bond acceptors (Lipinski definition) is 2. The number of nitrogens with zero attached hydrogens (tertiary/aromatic N) is 1. The van der Waals surface area contributed by atoms with Crippen LogP contribution in [0, 0.1) is 0 Å². The van der Waals surface area contributed by atoms with Crippen LogP contribution in [-0.2, 0) is 17.8 Å². The molecule has 0 saturated heterocycles. The fraction of sp³-hybridized carbons (Fsp3) is 0.364. The van der Waals surface area contributed by atoms with Gasteiger partial charge in [-0.15, -0.1) is 0 Å². The Kier molecular flexibility index (Phi) is 5.17. The lowest BCUT2D eigenvalue weighted by atomic mass is 10.1. The lowest BCUT2D eigenvalue weighted by molar-refractivity contribution is -0.131. The molecule has 4 rings (SSSR count). The molecule has 0 bridgehead atoms. The maximum Gasteiger partial charge on any atom is 0.251 e. The Balaban J connectivity index is 1.41. The molecular formula is C22H23ClN2O2. The van der Waals surface area contributed by atoms with Gasteiger partial charge in [-0.3, -0.25) is 9.59 Å². The highest BCUT2D eigenvalue weighted by molar-refractivity contribution is 6.31. The number of halogens is 1. The summed E-state index contributed by atoms with van der Waals surface area (Å²) in [5.74, 6) is 0.0825. The van der Waals surface area contributed by atoms with Crippen LogP contribution in [0.4, 0.5) is 0 Å². The number of amides is 2. The normalized spacial score (nSPS) is 16.0. The standard InChI is InChI=1S/C22H23ClN2O2/c23-20-4-2-1-3-17(20)13-21(26)25(19-11-12-19)14-15-5-7-16(8-6-15)22(27)24-18-9-10-18/h1-8,18-19H,9-14H2,(H,24,27). The zero-order valence-electron chi connectivity index (χ0n) is 15.2. The molecule has 0 heterocycles. The Labute approximate surface area is 164 Å². The SMILES string of the molecule is O=C(NC1CC1)c1ccc(CN(C(=O)Cc2ccccc2Cl)C2CC2)cc1. The molecular weight excluding hydrogens is 360 g/mol. The Morgan fingerprint density at radius 3 is 2.33 bits per heavy atom. The lowest BCUT2D eigenvalue weighted by Gasteiger charge is -2.23. The van der Waals surface area contributed by atoms with Crippen LogP contribution in [0.25, 0.3) is 0 Å². The maximum absolute atomic E-state index is 12.9. The second kappa shape index (κ2) is 7.73. The molecule has 0 radical (unpaired) electrons. The molecule has 4 nitrogen and oxygen atoms in total. The fourth-order valence-electron chi connectivity index (χ4n) is 3.17. The largest absolute Gasteiger partial charge is 0.349 e. The van der Waals surface area contributed by atoms with Gasteiger partial charge >= 0.3 is 0 Å². The van der Waals surface area contributed by atoms with Gasteiger partial charge < -0.3 is 10.2 Å². The van der Waals surface area contributed by atoms with Gasteiger partial charge in [0, 0.05) is 29.2 Å². The minimum absolute atomic E-state index is 0.0158. The van der Waals surface area contributed by atoms with Crippen LogP contribution in [0.15, 0.2) is 48.5 Å². The van der Waals surface area contributed by atoms with Crippen LogP contribution in [0.3, 0.4) is 0 Å². The topological polar surface area (TPSA) is 49.4 Å². The summed E-state index contributed by atoms with van der Waals surface area (Å²) in [5.41, 5.74) is 2.57. The number of rotatable bonds is 7. The summed E-state index contributed by atoms with van der Waals surface area (Å²) >= 11 is 6.21. The van der Waals surface area contributed by atoms with E-state index in [0.717, 1.165) is 36.8 Å². The first kappa shape index (κ1) is 18.1. The van der Waals surface area contributed by atoms with Crippen molar-refractivity contribution in [2.75, 3.05) is 0 Å². The lowest BCUT2D eigenvalue weighted by Crippen LogP contribution is -2.34. The summed E-state index contributed by atoms with van der Waals surface area (Å²) in [5, 5.41) is 3.63. The van der Waals surface area contributed by atoms with E-state index in [1.54, 1.807) is 0 Å². The molecule has 2 aromatic rings. The van der Waals surface area contributed by atoms with Gasteiger partial charge in [0.05, 0.1) is 6.42 Å². The molecule has 2 aliphatic rings. The summed E-state index contributed by atoms with van der Waals surface area (Å²) < 4.78 is 0. The van der Waals surface area contributed by atoms with E-state index in [9.17, 15) is 9.59 Å². The molecule has 2 amide bonds. The van der Waals surface area contributed by atoms with Gasteiger partial charge in [-0.25, -0.2) is 0 Å². The highest BCUT2D eigenvalue weighted by Gasteiger charge is 2.32. The zero-order chi connectivity index (χ0) is 18.8. The van der Waals surface area contributed by atoms with Crippen LogP contribution in [0.5, 0.6) is 0 Å². The van der Waals surface area contributed by atoms with Gasteiger partial charge in [0.15, 0.2) is 0 Å². The van der Waals surface area contributed by atoms with Crippen molar-refractivity contribution >= 4 is 23.4 Å². The zero-order valence-corrected chi connectivity index (χ0v) is 15.9. The number of nitrogens with one attached hydrogen (secondary N) is 1. The molecule has 27 heavy (non-hydrogen) atoms. The van der Waals surface area contributed by atoms with Crippen molar-refractivity contribution in [1.82, 2.24) is 10.2 Å². The highest BCUT2D eigenvalue weighted by atomic mass is 35.5. The average Bonchev–Trinajstić information content (AvgIpc) is 3.57. The van der Waals surface area contributed by atoms with Crippen LogP contribution in [0.1, 0.15) is 47.2 Å². The van der Waals surface area contributed by atoms with E-state index in [1.165, 1.54) is 0 Å². The van der Waals surface area contributed by atoms with Crippen LogP contribution in [-0.4, -0.2) is 28.8 Å². The number of benzene rings is 2. The summed E-state index contributed by atoms with van der Waals surface area (Å²) in [6.07, 6.45) is 4.58. The fourth-order valence-corrected chi connectivity index (χ4v) is 3.37. The van der Waals surface area contributed by atoms with Crippen molar-refractivity contribution in [3.63, 3.8) is 0 Å². The Bertz CT molecular complexity index is 842. The maximum atomic E-state index is 12.9. The summed E-state index contributed by atoms with van der Waals surface area (Å²) in [6, 6.07) is 15.7. The molecule has 0 aliphatic heterocycles. The molecule has 0 aromatic heterocycles. The quantitative estimate of drug-likeness (QED) is 0.787. The predicted octanol–water partition coefficient (Wildman–Crippen LogP) is 3.97. The van der Waals surface area contributed by atoms with Gasteiger partial charge in [0.25, 0.3) is 5.91 Å². The molecule has 0 spiro atoms. The van der Waals surface area contributed by atoms with E-state index in [2.05, 4.69) is 5.32 Å². The minimum atomic E-state index is -0.0158. The minimum Gasteiger partial charge on any atom is -0.349 e. The average molecular weight is 383 g/mol. The molecule has 2 aromatic carbocycles. The number of carbonyl (C=O) groups excluding carboxylic acids is 2. The van der Waals surface area contributed by atoms with Gasteiger partial charge in [0.2, 0.25) is 5.91 Å². The third-order valence-corrected chi connectivity index (χ3v) is 5.46. The van der Waals surface area contributed by atoms with Crippen molar-refractivity contribution < 1.29 is 9.59 Å².